The molecular weight excluding hydrogens is 176 g/mol. The zero-order chi connectivity index (χ0) is 11.1. The van der Waals surface area contributed by atoms with Crippen molar-refractivity contribution in [3.63, 3.8) is 0 Å². The van der Waals surface area contributed by atoms with Gasteiger partial charge in [0, 0.05) is 11.1 Å². The van der Waals surface area contributed by atoms with Crippen LogP contribution in [0.25, 0.3) is 11.8 Å². The molecule has 0 spiro atoms. The molecule has 1 aromatic rings. The lowest BCUT2D eigenvalue weighted by Crippen LogP contribution is -1.86. The second-order valence-corrected chi connectivity index (χ2v) is 2.39. The molecule has 2 heteroatoms. The summed E-state index contributed by atoms with van der Waals surface area (Å²) in [5, 5.41) is 18.4. The molecule has 1 rings (SSSR count). The lowest BCUT2D eigenvalue weighted by molar-refractivity contribution is 0.471. The molecule has 0 atom stereocenters. The number of aliphatic hydroxyl groups excluding tert-OH is 1. The Labute approximate surface area is 84.8 Å². The summed E-state index contributed by atoms with van der Waals surface area (Å²) < 4.78 is 0. The molecule has 14 heavy (non-hydrogen) atoms. The van der Waals surface area contributed by atoms with Crippen LogP contribution in [0.4, 0.5) is 0 Å². The molecule has 0 saturated heterocycles. The van der Waals surface area contributed by atoms with Crippen LogP contribution >= 0.6 is 0 Å². The second-order valence-electron chi connectivity index (χ2n) is 2.39. The SMILES string of the molecule is C=Cc1c(O)cccc1C(=C)O.CC. The quantitative estimate of drug-likeness (QED) is 0.703. The van der Waals surface area contributed by atoms with E-state index in [1.807, 2.05) is 13.8 Å². The van der Waals surface area contributed by atoms with Crippen LogP contribution in [-0.4, -0.2) is 10.2 Å². The molecule has 0 aliphatic heterocycles. The molecule has 0 unspecified atom stereocenters. The first-order chi connectivity index (χ1) is 6.66. The molecule has 0 radical (unpaired) electrons. The third kappa shape index (κ3) is 2.66. The van der Waals surface area contributed by atoms with E-state index in [0.29, 0.717) is 11.1 Å². The zero-order valence-electron chi connectivity index (χ0n) is 8.62. The average Bonchev–Trinajstić information content (AvgIpc) is 2.20. The van der Waals surface area contributed by atoms with Gasteiger partial charge in [-0.1, -0.05) is 45.2 Å². The summed E-state index contributed by atoms with van der Waals surface area (Å²) in [5.41, 5.74) is 1.01. The number of rotatable bonds is 2. The van der Waals surface area contributed by atoms with E-state index in [-0.39, 0.29) is 11.5 Å². The van der Waals surface area contributed by atoms with Gasteiger partial charge in [-0.3, -0.25) is 0 Å². The Bertz CT molecular complexity index is 327. The van der Waals surface area contributed by atoms with Crippen molar-refractivity contribution < 1.29 is 10.2 Å². The third-order valence-electron chi connectivity index (χ3n) is 1.60. The van der Waals surface area contributed by atoms with Crippen molar-refractivity contribution in [2.24, 2.45) is 0 Å². The molecule has 0 amide bonds. The van der Waals surface area contributed by atoms with Crippen molar-refractivity contribution in [1.82, 2.24) is 0 Å². The molecule has 0 heterocycles. The van der Waals surface area contributed by atoms with Crippen LogP contribution in [-0.2, 0) is 0 Å². The van der Waals surface area contributed by atoms with Crippen LogP contribution < -0.4 is 0 Å². The maximum atomic E-state index is 9.32. The van der Waals surface area contributed by atoms with Gasteiger partial charge < -0.3 is 10.2 Å². The lowest BCUT2D eigenvalue weighted by Gasteiger charge is -2.05. The molecule has 0 aliphatic carbocycles. The van der Waals surface area contributed by atoms with Gasteiger partial charge in [0.2, 0.25) is 0 Å². The Hall–Kier alpha value is -1.70. The van der Waals surface area contributed by atoms with E-state index in [1.165, 1.54) is 12.1 Å². The topological polar surface area (TPSA) is 40.5 Å². The molecule has 0 saturated carbocycles. The largest absolute Gasteiger partial charge is 0.508 e. The van der Waals surface area contributed by atoms with Gasteiger partial charge in [-0.2, -0.15) is 0 Å². The van der Waals surface area contributed by atoms with Gasteiger partial charge >= 0.3 is 0 Å². The van der Waals surface area contributed by atoms with Gasteiger partial charge in [-0.15, -0.1) is 0 Å². The van der Waals surface area contributed by atoms with Crippen molar-refractivity contribution in [3.8, 4) is 5.75 Å². The molecule has 0 aromatic heterocycles. The van der Waals surface area contributed by atoms with Crippen LogP contribution in [0.15, 0.2) is 31.4 Å². The van der Waals surface area contributed by atoms with E-state index in [0.717, 1.165) is 0 Å². The number of phenolic OH excluding ortho intramolecular Hbond substituents is 1. The van der Waals surface area contributed by atoms with Crippen LogP contribution in [0.5, 0.6) is 5.75 Å². The summed E-state index contributed by atoms with van der Waals surface area (Å²) >= 11 is 0. The van der Waals surface area contributed by atoms with Gasteiger partial charge in [0.1, 0.15) is 11.5 Å². The standard InChI is InChI=1S/C10H10O2.C2H6/c1-3-8-9(7(2)11)5-4-6-10(8)12;1-2/h3-6,11-12H,1-2H2;1-2H3. The van der Waals surface area contributed by atoms with Gasteiger partial charge in [-0.25, -0.2) is 0 Å². The number of phenols is 1. The third-order valence-corrected chi connectivity index (χ3v) is 1.60. The Morgan fingerprint density at radius 3 is 2.29 bits per heavy atom. The molecule has 0 fully saturated rings. The van der Waals surface area contributed by atoms with Crippen LogP contribution in [0, 0.1) is 0 Å². The average molecular weight is 192 g/mol. The van der Waals surface area contributed by atoms with Crippen molar-refractivity contribution in [2.75, 3.05) is 0 Å². The maximum absolute atomic E-state index is 9.32. The summed E-state index contributed by atoms with van der Waals surface area (Å²) in [4.78, 5) is 0. The summed E-state index contributed by atoms with van der Waals surface area (Å²) in [7, 11) is 0. The first-order valence-electron chi connectivity index (χ1n) is 4.49. The first kappa shape index (κ1) is 12.3. The van der Waals surface area contributed by atoms with Gasteiger partial charge in [0.05, 0.1) is 0 Å². The second kappa shape index (κ2) is 5.86. The fourth-order valence-corrected chi connectivity index (χ4v) is 1.02. The summed E-state index contributed by atoms with van der Waals surface area (Å²) in [6.07, 6.45) is 1.48. The maximum Gasteiger partial charge on any atom is 0.123 e. The number of benzene rings is 1. The zero-order valence-corrected chi connectivity index (χ0v) is 8.62. The Morgan fingerprint density at radius 2 is 1.93 bits per heavy atom. The van der Waals surface area contributed by atoms with E-state index in [4.69, 9.17) is 5.11 Å². The smallest absolute Gasteiger partial charge is 0.123 e. The van der Waals surface area contributed by atoms with Crippen LogP contribution in [0.2, 0.25) is 0 Å². The highest BCUT2D eigenvalue weighted by Crippen LogP contribution is 2.25. The van der Waals surface area contributed by atoms with Crippen LogP contribution in [0.3, 0.4) is 0 Å². The van der Waals surface area contributed by atoms with Gasteiger partial charge in [-0.05, 0) is 6.07 Å². The van der Waals surface area contributed by atoms with Crippen LogP contribution in [0.1, 0.15) is 25.0 Å². The number of aromatic hydroxyl groups is 1. The minimum Gasteiger partial charge on any atom is -0.508 e. The highest BCUT2D eigenvalue weighted by Gasteiger charge is 2.05. The van der Waals surface area contributed by atoms with Crippen molar-refractivity contribution in [1.29, 1.82) is 0 Å². The van der Waals surface area contributed by atoms with E-state index >= 15 is 0 Å². The minimum atomic E-state index is -0.0687. The minimum absolute atomic E-state index is 0.0687. The van der Waals surface area contributed by atoms with Crippen molar-refractivity contribution in [3.05, 3.63) is 42.5 Å². The van der Waals surface area contributed by atoms with E-state index in [1.54, 1.807) is 12.1 Å². The number of hydrogen-bond donors (Lipinski definition) is 2. The molecule has 0 aliphatic rings. The predicted molar refractivity (Wildman–Crippen MR) is 61.2 cm³/mol. The number of hydrogen-bond acceptors (Lipinski definition) is 2. The number of aliphatic hydroxyl groups is 1. The van der Waals surface area contributed by atoms with Crippen molar-refractivity contribution in [2.45, 2.75) is 13.8 Å². The van der Waals surface area contributed by atoms with Crippen molar-refractivity contribution >= 4 is 11.8 Å². The Balaban J connectivity index is 0.000000791. The molecular formula is C12H16O2. The first-order valence-corrected chi connectivity index (χ1v) is 4.49. The predicted octanol–water partition coefficient (Wildman–Crippen LogP) is 3.59. The summed E-state index contributed by atoms with van der Waals surface area (Å²) in [5.74, 6) is 0.0264. The summed E-state index contributed by atoms with van der Waals surface area (Å²) in [6.45, 7) is 10.9. The summed E-state index contributed by atoms with van der Waals surface area (Å²) in [6, 6.07) is 4.83. The van der Waals surface area contributed by atoms with E-state index in [9.17, 15) is 5.11 Å². The lowest BCUT2D eigenvalue weighted by atomic mass is 10.1. The normalized spacial score (nSPS) is 8.43. The highest BCUT2D eigenvalue weighted by atomic mass is 16.3. The Morgan fingerprint density at radius 1 is 1.36 bits per heavy atom. The molecule has 2 nitrogen and oxygen atoms in total. The van der Waals surface area contributed by atoms with E-state index in [2.05, 4.69) is 13.2 Å². The fraction of sp³-hybridized carbons (Fsp3) is 0.167. The van der Waals surface area contributed by atoms with Gasteiger partial charge in [0.15, 0.2) is 0 Å². The van der Waals surface area contributed by atoms with E-state index < -0.39 is 0 Å². The molecule has 76 valence electrons. The van der Waals surface area contributed by atoms with Gasteiger partial charge in [0.25, 0.3) is 0 Å². The molecule has 1 aromatic carbocycles. The Kier molecular flexibility index (Phi) is 5.15. The monoisotopic (exact) mass is 192 g/mol. The molecule has 0 bridgehead atoms. The molecule has 2 N–H and O–H groups in total. The fourth-order valence-electron chi connectivity index (χ4n) is 1.02. The highest BCUT2D eigenvalue weighted by molar-refractivity contribution is 5.71.